The maximum Gasteiger partial charge on any atom is 0.303 e. The van der Waals surface area contributed by atoms with Crippen LogP contribution in [0.2, 0.25) is 0 Å². The lowest BCUT2D eigenvalue weighted by Crippen LogP contribution is -2.55. The Balaban J connectivity index is 1.67. The van der Waals surface area contributed by atoms with Crippen molar-refractivity contribution in [3.8, 4) is 11.8 Å². The molecule has 4 rings (SSSR count). The molecule has 2 aliphatic heterocycles. The molecule has 0 spiro atoms. The molecule has 1 amide bonds. The average Bonchev–Trinajstić information content (AvgIpc) is 3.13. The first kappa shape index (κ1) is 22.4. The number of hydrogen-bond donors (Lipinski definition) is 0. The van der Waals surface area contributed by atoms with Crippen molar-refractivity contribution in [3.63, 3.8) is 0 Å². The second-order valence-corrected chi connectivity index (χ2v) is 8.79. The lowest BCUT2D eigenvalue weighted by atomic mass is 9.84. The molecule has 0 aromatic heterocycles. The Kier molecular flexibility index (Phi) is 5.86. The highest BCUT2D eigenvalue weighted by atomic mass is 16.6. The van der Waals surface area contributed by atoms with E-state index >= 15 is 0 Å². The first-order chi connectivity index (χ1) is 15.7. The Morgan fingerprint density at radius 2 is 1.97 bits per heavy atom. The minimum atomic E-state index is -0.904. The molecule has 7 heteroatoms. The molecular weight excluding hydrogens is 420 g/mol. The van der Waals surface area contributed by atoms with E-state index in [-0.39, 0.29) is 18.6 Å². The van der Waals surface area contributed by atoms with E-state index in [2.05, 4.69) is 6.07 Å². The smallest absolute Gasteiger partial charge is 0.303 e. The van der Waals surface area contributed by atoms with Crippen molar-refractivity contribution in [2.45, 2.75) is 51.5 Å². The van der Waals surface area contributed by atoms with E-state index < -0.39 is 23.7 Å². The predicted molar refractivity (Wildman–Crippen MR) is 120 cm³/mol. The zero-order chi connectivity index (χ0) is 23.8. The number of benzene rings is 2. The number of rotatable bonds is 5. The zero-order valence-electron chi connectivity index (χ0n) is 19.1. The number of ether oxygens (including phenoxy) is 3. The molecule has 33 heavy (non-hydrogen) atoms. The minimum absolute atomic E-state index is 0.213. The number of carbonyl (C=O) groups is 2. The van der Waals surface area contributed by atoms with Crippen molar-refractivity contribution in [2.75, 3.05) is 6.54 Å². The molecule has 0 aliphatic carbocycles. The van der Waals surface area contributed by atoms with E-state index in [0.29, 0.717) is 22.6 Å². The zero-order valence-corrected chi connectivity index (χ0v) is 19.1. The molecule has 0 saturated heterocycles. The summed E-state index contributed by atoms with van der Waals surface area (Å²) in [6.45, 7) is 7.10. The number of nitrogens with zero attached hydrogens (tertiary/aromatic N) is 2. The third-order valence-electron chi connectivity index (χ3n) is 5.92. The summed E-state index contributed by atoms with van der Waals surface area (Å²) in [7, 11) is 0. The third-order valence-corrected chi connectivity index (χ3v) is 5.92. The van der Waals surface area contributed by atoms with Crippen LogP contribution in [0.25, 0.3) is 0 Å². The van der Waals surface area contributed by atoms with Gasteiger partial charge in [0.2, 0.25) is 0 Å². The van der Waals surface area contributed by atoms with Crippen LogP contribution in [0.4, 0.5) is 0 Å². The molecule has 3 atom stereocenters. The molecule has 0 saturated carbocycles. The van der Waals surface area contributed by atoms with E-state index in [0.717, 1.165) is 5.56 Å². The lowest BCUT2D eigenvalue weighted by Gasteiger charge is -2.46. The van der Waals surface area contributed by atoms with Crippen molar-refractivity contribution in [2.24, 2.45) is 0 Å². The molecule has 0 fully saturated rings. The maximum atomic E-state index is 13.1. The largest absolute Gasteiger partial charge is 0.488 e. The van der Waals surface area contributed by atoms with Gasteiger partial charge in [0.05, 0.1) is 18.2 Å². The van der Waals surface area contributed by atoms with E-state index in [1.54, 1.807) is 23.1 Å². The highest BCUT2D eigenvalue weighted by Gasteiger charge is 2.50. The van der Waals surface area contributed by atoms with Crippen LogP contribution >= 0.6 is 0 Å². The Hall–Kier alpha value is -3.79. The summed E-state index contributed by atoms with van der Waals surface area (Å²) in [4.78, 5) is 26.7. The lowest BCUT2D eigenvalue weighted by molar-refractivity contribution is -0.171. The van der Waals surface area contributed by atoms with Gasteiger partial charge < -0.3 is 19.1 Å². The summed E-state index contributed by atoms with van der Waals surface area (Å²) in [5.74, 6) is 0.348. The Labute approximate surface area is 193 Å². The molecule has 2 heterocycles. The van der Waals surface area contributed by atoms with Crippen molar-refractivity contribution < 1.29 is 23.8 Å². The van der Waals surface area contributed by atoms with Crippen LogP contribution < -0.4 is 4.74 Å². The standard InChI is InChI=1S/C26H26N2O5/c1-16(19-8-6-5-7-9-19)31-20-13-23(30)28(15-20)24-21-12-18(14-27)10-11-22(21)33-26(3,4)25(24)32-17(2)29/h5-13,16,24-25H,15H2,1-4H3/t16?,24-,25+/m0/s1. The van der Waals surface area contributed by atoms with Crippen LogP contribution in [0.3, 0.4) is 0 Å². The second-order valence-electron chi connectivity index (χ2n) is 8.79. The monoisotopic (exact) mass is 446 g/mol. The van der Waals surface area contributed by atoms with Crippen LogP contribution in [0.1, 0.15) is 56.5 Å². The molecule has 2 aliphatic rings. The summed E-state index contributed by atoms with van der Waals surface area (Å²) >= 11 is 0. The van der Waals surface area contributed by atoms with E-state index in [1.165, 1.54) is 13.0 Å². The van der Waals surface area contributed by atoms with Crippen molar-refractivity contribution in [3.05, 3.63) is 77.1 Å². The first-order valence-electron chi connectivity index (χ1n) is 10.8. The predicted octanol–water partition coefficient (Wildman–Crippen LogP) is 4.21. The van der Waals surface area contributed by atoms with Crippen LogP contribution in [0, 0.1) is 11.3 Å². The van der Waals surface area contributed by atoms with Crippen LogP contribution in [-0.4, -0.2) is 35.0 Å². The SMILES string of the molecule is CC(=O)O[C@@H]1[C@@H](N2CC(OC(C)c3ccccc3)=CC2=O)c2cc(C#N)ccc2OC1(C)C. The third kappa shape index (κ3) is 4.42. The summed E-state index contributed by atoms with van der Waals surface area (Å²) in [6.07, 6.45) is 0.457. The van der Waals surface area contributed by atoms with Gasteiger partial charge in [-0.2, -0.15) is 5.26 Å². The van der Waals surface area contributed by atoms with Gasteiger partial charge in [-0.05, 0) is 44.5 Å². The van der Waals surface area contributed by atoms with Gasteiger partial charge in [-0.3, -0.25) is 9.59 Å². The fourth-order valence-corrected chi connectivity index (χ4v) is 4.38. The normalized spacial score (nSPS) is 21.8. The number of nitriles is 1. The molecule has 2 aromatic carbocycles. The van der Waals surface area contributed by atoms with Gasteiger partial charge in [0.1, 0.15) is 29.3 Å². The fourth-order valence-electron chi connectivity index (χ4n) is 4.38. The average molecular weight is 447 g/mol. The summed E-state index contributed by atoms with van der Waals surface area (Å²) in [5, 5.41) is 9.42. The van der Waals surface area contributed by atoms with Crippen LogP contribution in [-0.2, 0) is 19.1 Å². The Morgan fingerprint density at radius 3 is 2.64 bits per heavy atom. The molecule has 170 valence electrons. The summed E-state index contributed by atoms with van der Waals surface area (Å²) in [6, 6.07) is 16.3. The fraction of sp³-hybridized carbons (Fsp3) is 0.346. The topological polar surface area (TPSA) is 88.9 Å². The summed E-state index contributed by atoms with van der Waals surface area (Å²) in [5.41, 5.74) is 1.15. The van der Waals surface area contributed by atoms with Gasteiger partial charge in [-0.15, -0.1) is 0 Å². The van der Waals surface area contributed by atoms with E-state index in [1.807, 2.05) is 51.1 Å². The number of amides is 1. The van der Waals surface area contributed by atoms with Gasteiger partial charge in [-0.1, -0.05) is 30.3 Å². The van der Waals surface area contributed by atoms with Gasteiger partial charge in [-0.25, -0.2) is 0 Å². The number of fused-ring (bicyclic) bond motifs is 1. The van der Waals surface area contributed by atoms with Crippen LogP contribution in [0.15, 0.2) is 60.4 Å². The number of carbonyl (C=O) groups excluding carboxylic acids is 2. The number of esters is 1. The maximum absolute atomic E-state index is 13.1. The van der Waals surface area contributed by atoms with E-state index in [4.69, 9.17) is 14.2 Å². The highest BCUT2D eigenvalue weighted by molar-refractivity contribution is 5.91. The Morgan fingerprint density at radius 1 is 1.24 bits per heavy atom. The molecule has 7 nitrogen and oxygen atoms in total. The first-order valence-corrected chi connectivity index (χ1v) is 10.8. The van der Waals surface area contributed by atoms with Gasteiger partial charge in [0.25, 0.3) is 5.91 Å². The summed E-state index contributed by atoms with van der Waals surface area (Å²) < 4.78 is 17.9. The molecular formula is C26H26N2O5. The minimum Gasteiger partial charge on any atom is -0.488 e. The van der Waals surface area contributed by atoms with Crippen molar-refractivity contribution >= 4 is 11.9 Å². The molecule has 0 N–H and O–H groups in total. The van der Waals surface area contributed by atoms with Gasteiger partial charge >= 0.3 is 5.97 Å². The van der Waals surface area contributed by atoms with E-state index in [9.17, 15) is 14.9 Å². The molecule has 0 bridgehead atoms. The van der Waals surface area contributed by atoms with Crippen molar-refractivity contribution in [1.82, 2.24) is 4.90 Å². The quantitative estimate of drug-likeness (QED) is 0.640. The Bertz CT molecular complexity index is 1150. The molecule has 1 unspecified atom stereocenters. The number of hydrogen-bond acceptors (Lipinski definition) is 6. The van der Waals surface area contributed by atoms with Gasteiger partial charge in [0, 0.05) is 18.6 Å². The van der Waals surface area contributed by atoms with Crippen molar-refractivity contribution in [1.29, 1.82) is 5.26 Å². The second kappa shape index (κ2) is 8.62. The molecule has 0 radical (unpaired) electrons. The molecule has 2 aromatic rings. The van der Waals surface area contributed by atoms with Crippen LogP contribution in [0.5, 0.6) is 5.75 Å². The van der Waals surface area contributed by atoms with Gasteiger partial charge in [0.15, 0.2) is 6.10 Å². The highest BCUT2D eigenvalue weighted by Crippen LogP contribution is 2.46.